The zero-order valence-electron chi connectivity index (χ0n) is 11.8. The molecule has 19 heavy (non-hydrogen) atoms. The molecule has 1 rings (SSSR count). The van der Waals surface area contributed by atoms with E-state index in [0.29, 0.717) is 0 Å². The number of aliphatic hydroxyl groups is 3. The van der Waals surface area contributed by atoms with Crippen molar-refractivity contribution in [3.63, 3.8) is 0 Å². The first kappa shape index (κ1) is 17.2. The second-order valence-corrected chi connectivity index (χ2v) is 6.45. The van der Waals surface area contributed by atoms with Crippen LogP contribution in [0.3, 0.4) is 0 Å². The second-order valence-electron chi connectivity index (χ2n) is 5.24. The lowest BCUT2D eigenvalue weighted by Crippen LogP contribution is -2.51. The molecule has 0 aromatic carbocycles. The molecule has 1 saturated heterocycles. The first-order chi connectivity index (χ1) is 9.16. The van der Waals surface area contributed by atoms with Crippen LogP contribution in [0.25, 0.3) is 0 Å². The minimum atomic E-state index is -1.08. The van der Waals surface area contributed by atoms with E-state index >= 15 is 0 Å². The SMILES string of the molecule is CCCCCCCCCS[C@@H]1OC[C@@H](O)[C@H](O)[C@H]1O. The van der Waals surface area contributed by atoms with Gasteiger partial charge in [0, 0.05) is 0 Å². The van der Waals surface area contributed by atoms with E-state index in [0.717, 1.165) is 12.2 Å². The van der Waals surface area contributed by atoms with Crippen LogP contribution in [0.15, 0.2) is 0 Å². The Morgan fingerprint density at radius 3 is 2.26 bits per heavy atom. The van der Waals surface area contributed by atoms with Crippen molar-refractivity contribution in [1.29, 1.82) is 0 Å². The van der Waals surface area contributed by atoms with Crippen molar-refractivity contribution >= 4 is 11.8 Å². The molecule has 4 atom stereocenters. The Hall–Kier alpha value is 0.190. The van der Waals surface area contributed by atoms with Gasteiger partial charge in [-0.15, -0.1) is 11.8 Å². The standard InChI is InChI=1S/C14H28O4S/c1-2-3-4-5-6-7-8-9-19-14-13(17)12(16)11(15)10-18-14/h11-17H,2-10H2,1H3/t11-,12+,13-,14+/m1/s1. The van der Waals surface area contributed by atoms with E-state index in [1.54, 1.807) is 0 Å². The molecule has 1 aliphatic rings. The molecule has 4 nitrogen and oxygen atoms in total. The first-order valence-corrected chi connectivity index (χ1v) is 8.49. The van der Waals surface area contributed by atoms with Crippen LogP contribution in [0.1, 0.15) is 51.9 Å². The van der Waals surface area contributed by atoms with Crippen molar-refractivity contribution in [2.24, 2.45) is 0 Å². The predicted molar refractivity (Wildman–Crippen MR) is 78.2 cm³/mol. The van der Waals surface area contributed by atoms with Crippen LogP contribution in [0.2, 0.25) is 0 Å². The van der Waals surface area contributed by atoms with E-state index < -0.39 is 23.7 Å². The van der Waals surface area contributed by atoms with Gasteiger partial charge in [-0.25, -0.2) is 0 Å². The monoisotopic (exact) mass is 292 g/mol. The summed E-state index contributed by atoms with van der Waals surface area (Å²) in [6.45, 7) is 2.32. The molecule has 0 bridgehead atoms. The van der Waals surface area contributed by atoms with Crippen LogP contribution in [0.4, 0.5) is 0 Å². The molecule has 3 N–H and O–H groups in total. The molecule has 1 fully saturated rings. The molecule has 1 aliphatic heterocycles. The third-order valence-corrected chi connectivity index (χ3v) is 4.75. The zero-order valence-corrected chi connectivity index (χ0v) is 12.6. The van der Waals surface area contributed by atoms with Crippen LogP contribution in [-0.2, 0) is 4.74 Å². The van der Waals surface area contributed by atoms with E-state index in [4.69, 9.17) is 4.74 Å². The van der Waals surface area contributed by atoms with Crippen molar-refractivity contribution in [3.8, 4) is 0 Å². The molecule has 0 unspecified atom stereocenters. The maximum Gasteiger partial charge on any atom is 0.131 e. The Bertz CT molecular complexity index is 227. The number of hydrogen-bond acceptors (Lipinski definition) is 5. The van der Waals surface area contributed by atoms with E-state index in [9.17, 15) is 15.3 Å². The van der Waals surface area contributed by atoms with Crippen LogP contribution >= 0.6 is 11.8 Å². The summed E-state index contributed by atoms with van der Waals surface area (Å²) in [5.41, 5.74) is -0.404. The molecule has 1 heterocycles. The molecule has 0 aromatic heterocycles. The van der Waals surface area contributed by atoms with Gasteiger partial charge >= 0.3 is 0 Å². The number of hydrogen-bond donors (Lipinski definition) is 3. The van der Waals surface area contributed by atoms with E-state index in [-0.39, 0.29) is 6.61 Å². The van der Waals surface area contributed by atoms with Gasteiger partial charge in [0.1, 0.15) is 23.7 Å². The average Bonchev–Trinajstić information content (AvgIpc) is 2.41. The molecule has 0 radical (unpaired) electrons. The lowest BCUT2D eigenvalue weighted by atomic mass is 10.1. The van der Waals surface area contributed by atoms with Crippen molar-refractivity contribution in [2.45, 2.75) is 75.6 Å². The fourth-order valence-electron chi connectivity index (χ4n) is 2.18. The number of aliphatic hydroxyl groups excluding tert-OH is 3. The van der Waals surface area contributed by atoms with Crippen molar-refractivity contribution < 1.29 is 20.1 Å². The lowest BCUT2D eigenvalue weighted by Gasteiger charge is -2.34. The van der Waals surface area contributed by atoms with Gasteiger partial charge in [-0.2, -0.15) is 0 Å². The van der Waals surface area contributed by atoms with Gasteiger partial charge in [0.05, 0.1) is 6.61 Å². The third-order valence-electron chi connectivity index (χ3n) is 3.48. The summed E-state index contributed by atoms with van der Waals surface area (Å²) in [6, 6.07) is 0. The highest BCUT2D eigenvalue weighted by atomic mass is 32.2. The number of unbranched alkanes of at least 4 members (excludes halogenated alkanes) is 6. The van der Waals surface area contributed by atoms with Crippen molar-refractivity contribution in [3.05, 3.63) is 0 Å². The van der Waals surface area contributed by atoms with Gasteiger partial charge in [-0.1, -0.05) is 45.4 Å². The fourth-order valence-corrected chi connectivity index (χ4v) is 3.32. The number of ether oxygens (including phenoxy) is 1. The van der Waals surface area contributed by atoms with E-state index in [2.05, 4.69) is 6.92 Å². The van der Waals surface area contributed by atoms with Crippen LogP contribution < -0.4 is 0 Å². The fraction of sp³-hybridized carbons (Fsp3) is 1.00. The minimum Gasteiger partial charge on any atom is -0.388 e. The van der Waals surface area contributed by atoms with Gasteiger partial charge in [0.15, 0.2) is 0 Å². The Kier molecular flexibility index (Phi) is 9.07. The molecule has 0 aromatic rings. The highest BCUT2D eigenvalue weighted by Crippen LogP contribution is 2.25. The van der Waals surface area contributed by atoms with Crippen molar-refractivity contribution in [2.75, 3.05) is 12.4 Å². The minimum absolute atomic E-state index is 0.104. The second kappa shape index (κ2) is 10.00. The predicted octanol–water partition coefficient (Wildman–Crippen LogP) is 1.91. The number of thioether (sulfide) groups is 1. The molecule has 0 spiro atoms. The summed E-state index contributed by atoms with van der Waals surface area (Å²) in [5, 5.41) is 28.6. The molecular weight excluding hydrogens is 264 g/mol. The maximum absolute atomic E-state index is 9.75. The summed E-state index contributed by atoms with van der Waals surface area (Å²) in [6.07, 6.45) is 5.81. The maximum atomic E-state index is 9.75. The highest BCUT2D eigenvalue weighted by molar-refractivity contribution is 7.99. The van der Waals surface area contributed by atoms with Gasteiger partial charge in [0.2, 0.25) is 0 Å². The molecule has 0 aliphatic carbocycles. The van der Waals surface area contributed by atoms with E-state index in [1.807, 2.05) is 0 Å². The Balaban J connectivity index is 2.00. The largest absolute Gasteiger partial charge is 0.388 e. The smallest absolute Gasteiger partial charge is 0.131 e. The quantitative estimate of drug-likeness (QED) is 0.566. The lowest BCUT2D eigenvalue weighted by molar-refractivity contribution is -0.161. The molecule has 114 valence electrons. The average molecular weight is 292 g/mol. The number of rotatable bonds is 9. The van der Waals surface area contributed by atoms with Crippen LogP contribution in [0, 0.1) is 0 Å². The molecule has 0 amide bonds. The molecule has 5 heteroatoms. The zero-order chi connectivity index (χ0) is 14.1. The van der Waals surface area contributed by atoms with Gasteiger partial charge in [-0.05, 0) is 12.2 Å². The summed E-state index contributed by atoms with van der Waals surface area (Å²) < 4.78 is 5.34. The van der Waals surface area contributed by atoms with Crippen molar-refractivity contribution in [1.82, 2.24) is 0 Å². The molecule has 0 saturated carbocycles. The normalized spacial score (nSPS) is 31.6. The summed E-state index contributed by atoms with van der Waals surface area (Å²) in [5.74, 6) is 0.929. The highest BCUT2D eigenvalue weighted by Gasteiger charge is 2.37. The Morgan fingerprint density at radius 1 is 0.947 bits per heavy atom. The Morgan fingerprint density at radius 2 is 1.58 bits per heavy atom. The van der Waals surface area contributed by atoms with Crippen LogP contribution in [-0.4, -0.2) is 51.4 Å². The summed E-state index contributed by atoms with van der Waals surface area (Å²) in [4.78, 5) is 0. The van der Waals surface area contributed by atoms with Gasteiger partial charge in [-0.3, -0.25) is 0 Å². The first-order valence-electron chi connectivity index (χ1n) is 7.44. The topological polar surface area (TPSA) is 69.9 Å². The summed E-state index contributed by atoms with van der Waals surface area (Å²) in [7, 11) is 0. The molecular formula is C14H28O4S. The summed E-state index contributed by atoms with van der Waals surface area (Å²) >= 11 is 1.54. The van der Waals surface area contributed by atoms with E-state index in [1.165, 1.54) is 50.3 Å². The van der Waals surface area contributed by atoms with Gasteiger partial charge in [0.25, 0.3) is 0 Å². The van der Waals surface area contributed by atoms with Gasteiger partial charge < -0.3 is 20.1 Å². The third kappa shape index (κ3) is 6.45. The van der Waals surface area contributed by atoms with Crippen LogP contribution in [0.5, 0.6) is 0 Å². The Labute approximate surface area is 120 Å².